The molecule has 1 atom stereocenters. The Labute approximate surface area is 392 Å². The molecule has 0 aliphatic heterocycles. The Hall–Kier alpha value is -2.11. The van der Waals surface area contributed by atoms with Crippen LogP contribution in [0.15, 0.2) is 24.3 Å². The largest absolute Gasteiger partial charge is 0.462 e. The average molecular weight is 887 g/mol. The Bertz CT molecular complexity index is 1020. The molecule has 0 saturated carbocycles. The van der Waals surface area contributed by atoms with Gasteiger partial charge in [-0.15, -0.1) is 0 Å². The second-order valence-electron chi connectivity index (χ2n) is 18.8. The molecule has 0 fully saturated rings. The van der Waals surface area contributed by atoms with Gasteiger partial charge in [-0.25, -0.2) is 0 Å². The minimum atomic E-state index is -0.774. The first-order valence-corrected chi connectivity index (χ1v) is 27.8. The highest BCUT2D eigenvalue weighted by Crippen LogP contribution is 2.16. The van der Waals surface area contributed by atoms with Crippen LogP contribution < -0.4 is 0 Å². The summed E-state index contributed by atoms with van der Waals surface area (Å²) in [5, 5.41) is 0. The number of hydrogen-bond acceptors (Lipinski definition) is 6. The summed E-state index contributed by atoms with van der Waals surface area (Å²) in [6.07, 6.45) is 60.2. The molecule has 0 aromatic heterocycles. The van der Waals surface area contributed by atoms with Crippen LogP contribution in [0.5, 0.6) is 0 Å². The smallest absolute Gasteiger partial charge is 0.306 e. The van der Waals surface area contributed by atoms with Crippen LogP contribution in [0, 0.1) is 0 Å². The van der Waals surface area contributed by atoms with Gasteiger partial charge in [0.25, 0.3) is 0 Å². The number of carbonyl (C=O) groups is 3. The summed E-state index contributed by atoms with van der Waals surface area (Å²) in [6, 6.07) is 0. The van der Waals surface area contributed by atoms with E-state index in [0.29, 0.717) is 19.3 Å². The predicted octanol–water partition coefficient (Wildman–Crippen LogP) is 18.3. The van der Waals surface area contributed by atoms with Gasteiger partial charge in [0.15, 0.2) is 6.10 Å². The van der Waals surface area contributed by atoms with E-state index in [4.69, 9.17) is 14.2 Å². The van der Waals surface area contributed by atoms with Crippen LogP contribution in [0.4, 0.5) is 0 Å². The molecule has 0 aromatic rings. The van der Waals surface area contributed by atoms with Gasteiger partial charge >= 0.3 is 17.9 Å². The zero-order valence-electron chi connectivity index (χ0n) is 42.4. The Morgan fingerprint density at radius 2 is 0.524 bits per heavy atom. The third-order valence-corrected chi connectivity index (χ3v) is 12.4. The minimum Gasteiger partial charge on any atom is -0.462 e. The number of hydrogen-bond donors (Lipinski definition) is 0. The van der Waals surface area contributed by atoms with Crippen LogP contribution in [0.1, 0.15) is 303 Å². The van der Waals surface area contributed by atoms with E-state index in [-0.39, 0.29) is 31.1 Å². The lowest BCUT2D eigenvalue weighted by Crippen LogP contribution is -2.30. The molecule has 0 unspecified atom stereocenters. The molecule has 0 radical (unpaired) electrons. The zero-order valence-corrected chi connectivity index (χ0v) is 42.4. The molecule has 370 valence electrons. The molecule has 0 aliphatic carbocycles. The van der Waals surface area contributed by atoms with Crippen LogP contribution in [0.2, 0.25) is 0 Å². The predicted molar refractivity (Wildman–Crippen MR) is 270 cm³/mol. The Morgan fingerprint density at radius 3 is 0.825 bits per heavy atom. The molecule has 0 aliphatic rings. The van der Waals surface area contributed by atoms with E-state index in [2.05, 4.69) is 45.1 Å². The fourth-order valence-corrected chi connectivity index (χ4v) is 8.20. The molecule has 0 N–H and O–H groups in total. The maximum atomic E-state index is 12.8. The van der Waals surface area contributed by atoms with Crippen LogP contribution in [0.25, 0.3) is 0 Å². The molecule has 0 saturated heterocycles. The van der Waals surface area contributed by atoms with Crippen molar-refractivity contribution in [3.8, 4) is 0 Å². The van der Waals surface area contributed by atoms with Crippen molar-refractivity contribution < 1.29 is 28.6 Å². The zero-order chi connectivity index (χ0) is 45.8. The molecule has 0 rings (SSSR count). The van der Waals surface area contributed by atoms with E-state index in [1.54, 1.807) is 0 Å². The molecule has 0 bridgehead atoms. The summed E-state index contributed by atoms with van der Waals surface area (Å²) in [5.41, 5.74) is 0. The monoisotopic (exact) mass is 887 g/mol. The minimum absolute atomic E-state index is 0.0731. The highest BCUT2D eigenvalue weighted by molar-refractivity contribution is 5.71. The highest BCUT2D eigenvalue weighted by Gasteiger charge is 2.19. The first kappa shape index (κ1) is 60.9. The van der Waals surface area contributed by atoms with Gasteiger partial charge in [-0.05, 0) is 70.6 Å². The quantitative estimate of drug-likeness (QED) is 0.0262. The Balaban J connectivity index is 4.33. The van der Waals surface area contributed by atoms with Crippen molar-refractivity contribution in [1.29, 1.82) is 0 Å². The van der Waals surface area contributed by atoms with Gasteiger partial charge in [0, 0.05) is 19.3 Å². The lowest BCUT2D eigenvalue weighted by atomic mass is 10.0. The molecule has 0 aromatic carbocycles. The van der Waals surface area contributed by atoms with Gasteiger partial charge in [0.1, 0.15) is 13.2 Å². The fourth-order valence-electron chi connectivity index (χ4n) is 8.20. The third kappa shape index (κ3) is 50.7. The third-order valence-electron chi connectivity index (χ3n) is 12.4. The van der Waals surface area contributed by atoms with E-state index < -0.39 is 6.10 Å². The van der Waals surface area contributed by atoms with Gasteiger partial charge in [0.2, 0.25) is 0 Å². The highest BCUT2D eigenvalue weighted by atomic mass is 16.6. The van der Waals surface area contributed by atoms with Crippen molar-refractivity contribution in [1.82, 2.24) is 0 Å². The SMILES string of the molecule is CCCCC/C=C\CCCCCCCC(=O)OC[C@H](COC(=O)CCCCCCCCCCCCCCCCCCC)OC(=O)CCCCCCC/C=C\CCCCCCCCC. The van der Waals surface area contributed by atoms with Crippen molar-refractivity contribution in [3.63, 3.8) is 0 Å². The maximum absolute atomic E-state index is 12.8. The second-order valence-corrected chi connectivity index (χ2v) is 18.8. The van der Waals surface area contributed by atoms with Gasteiger partial charge in [-0.3, -0.25) is 14.4 Å². The van der Waals surface area contributed by atoms with Crippen molar-refractivity contribution >= 4 is 17.9 Å². The second kappa shape index (κ2) is 52.5. The molecular formula is C57H106O6. The number of allylic oxidation sites excluding steroid dienone is 4. The van der Waals surface area contributed by atoms with Crippen LogP contribution in [-0.4, -0.2) is 37.2 Å². The van der Waals surface area contributed by atoms with Crippen LogP contribution in [-0.2, 0) is 28.6 Å². The summed E-state index contributed by atoms with van der Waals surface area (Å²) in [5.74, 6) is -0.874. The molecule has 0 heterocycles. The topological polar surface area (TPSA) is 78.9 Å². The number of carbonyl (C=O) groups excluding carboxylic acids is 3. The van der Waals surface area contributed by atoms with Crippen molar-refractivity contribution in [2.24, 2.45) is 0 Å². The Morgan fingerprint density at radius 1 is 0.302 bits per heavy atom. The lowest BCUT2D eigenvalue weighted by Gasteiger charge is -2.18. The standard InChI is InChI=1S/C57H106O6/c1-4-7-10-13-16-19-22-25-27-29-31-32-35-38-41-44-47-50-56(59)62-53-54(52-61-55(58)49-46-43-40-37-34-24-21-18-15-12-9-6-3)63-57(60)51-48-45-42-39-36-33-30-28-26-23-20-17-14-11-8-5-2/h18,21,28,30,54H,4-17,19-20,22-27,29,31-53H2,1-3H3/b21-18-,30-28-/t54-/m1/s1. The molecule has 6 heteroatoms. The summed E-state index contributed by atoms with van der Waals surface area (Å²) < 4.78 is 16.8. The van der Waals surface area contributed by atoms with Crippen LogP contribution >= 0.6 is 0 Å². The Kier molecular flexibility index (Phi) is 50.8. The first-order valence-electron chi connectivity index (χ1n) is 27.8. The first-order chi connectivity index (χ1) is 31.0. The summed E-state index contributed by atoms with van der Waals surface area (Å²) in [7, 11) is 0. The van der Waals surface area contributed by atoms with Crippen molar-refractivity contribution in [2.45, 2.75) is 309 Å². The summed E-state index contributed by atoms with van der Waals surface area (Å²) in [6.45, 7) is 6.64. The fraction of sp³-hybridized carbons (Fsp3) is 0.877. The summed E-state index contributed by atoms with van der Waals surface area (Å²) >= 11 is 0. The molecule has 6 nitrogen and oxygen atoms in total. The van der Waals surface area contributed by atoms with E-state index in [9.17, 15) is 14.4 Å². The van der Waals surface area contributed by atoms with Crippen LogP contribution in [0.3, 0.4) is 0 Å². The van der Waals surface area contributed by atoms with Gasteiger partial charge in [-0.1, -0.05) is 238 Å². The van der Waals surface area contributed by atoms with E-state index in [1.165, 1.54) is 193 Å². The number of ether oxygens (including phenoxy) is 3. The van der Waals surface area contributed by atoms with Gasteiger partial charge < -0.3 is 14.2 Å². The average Bonchev–Trinajstić information content (AvgIpc) is 3.28. The number of esters is 3. The van der Waals surface area contributed by atoms with E-state index in [0.717, 1.165) is 70.6 Å². The van der Waals surface area contributed by atoms with Crippen molar-refractivity contribution in [3.05, 3.63) is 24.3 Å². The molecular weight excluding hydrogens is 781 g/mol. The number of rotatable bonds is 51. The van der Waals surface area contributed by atoms with E-state index in [1.807, 2.05) is 0 Å². The van der Waals surface area contributed by atoms with E-state index >= 15 is 0 Å². The van der Waals surface area contributed by atoms with Gasteiger partial charge in [0.05, 0.1) is 0 Å². The summed E-state index contributed by atoms with van der Waals surface area (Å²) in [4.78, 5) is 38.0. The molecule has 63 heavy (non-hydrogen) atoms. The molecule has 0 amide bonds. The molecule has 0 spiro atoms. The normalized spacial score (nSPS) is 12.1. The lowest BCUT2D eigenvalue weighted by molar-refractivity contribution is -0.167. The van der Waals surface area contributed by atoms with Crippen molar-refractivity contribution in [2.75, 3.05) is 13.2 Å². The maximum Gasteiger partial charge on any atom is 0.306 e. The van der Waals surface area contributed by atoms with Gasteiger partial charge in [-0.2, -0.15) is 0 Å². The number of unbranched alkanes of at least 4 members (excludes halogenated alkanes) is 36.